The second-order valence-electron chi connectivity index (χ2n) is 3.63. The molecule has 2 aromatic heterocycles. The molecule has 0 saturated carbocycles. The van der Waals surface area contributed by atoms with Gasteiger partial charge in [-0.2, -0.15) is 9.97 Å². The zero-order valence-electron chi connectivity index (χ0n) is 11.5. The Labute approximate surface area is 118 Å². The van der Waals surface area contributed by atoms with E-state index >= 15 is 0 Å². The second-order valence-corrected chi connectivity index (χ2v) is 3.63. The molecule has 0 bridgehead atoms. The quantitative estimate of drug-likeness (QED) is 0.540. The van der Waals surface area contributed by atoms with Crippen molar-refractivity contribution >= 4 is 23.8 Å². The first-order valence-electron chi connectivity index (χ1n) is 5.40. The maximum atomic E-state index is 10.8. The van der Waals surface area contributed by atoms with Gasteiger partial charge in [0.05, 0.1) is 7.11 Å². The molecule has 12 heteroatoms. The van der Waals surface area contributed by atoms with Crippen LogP contribution in [0, 0.1) is 0 Å². The van der Waals surface area contributed by atoms with Crippen LogP contribution in [0.3, 0.4) is 0 Å². The largest absolute Gasteiger partial charge is 0.475 e. The van der Waals surface area contributed by atoms with Crippen molar-refractivity contribution in [1.82, 2.24) is 29.5 Å². The Hall–Kier alpha value is -3.18. The van der Waals surface area contributed by atoms with Crippen LogP contribution in [0.5, 0.6) is 0 Å². The molecule has 0 aliphatic rings. The maximum absolute atomic E-state index is 10.8. The number of aromatic carboxylic acids is 1. The highest BCUT2D eigenvalue weighted by Gasteiger charge is 2.12. The lowest BCUT2D eigenvalue weighted by Crippen LogP contribution is -2.04. The number of ether oxygens (including phenoxy) is 1. The minimum atomic E-state index is -1.17. The van der Waals surface area contributed by atoms with Crippen LogP contribution in [0.15, 0.2) is 0 Å². The van der Waals surface area contributed by atoms with Crippen molar-refractivity contribution in [2.45, 2.75) is 0 Å². The molecule has 0 aliphatic carbocycles. The van der Waals surface area contributed by atoms with Gasteiger partial charge in [0.25, 0.3) is 11.6 Å². The first kappa shape index (κ1) is 15.9. The lowest BCUT2D eigenvalue weighted by molar-refractivity contribution is 0.0585. The van der Waals surface area contributed by atoms with Crippen molar-refractivity contribution < 1.29 is 19.4 Å². The van der Waals surface area contributed by atoms with Crippen molar-refractivity contribution in [2.75, 3.05) is 18.6 Å². The number of carbonyl (C=O) groups is 2. The normalized spacial score (nSPS) is 9.67. The standard InChI is InChI=1S/C5H8N4O2.C4H6N4O2/c1-9-5(6)7-3(8-9)4(10)11-2;1-8-4(5)6-2(7-8)3(9)10/h1-2H3,(H2,6,7,8);1H3,(H,9,10)(H2,5,6,7). The molecule has 5 N–H and O–H groups in total. The van der Waals surface area contributed by atoms with Crippen LogP contribution in [0.2, 0.25) is 0 Å². The van der Waals surface area contributed by atoms with Crippen LogP contribution < -0.4 is 11.5 Å². The molecule has 0 aromatic carbocycles. The van der Waals surface area contributed by atoms with Crippen molar-refractivity contribution in [3.05, 3.63) is 11.6 Å². The van der Waals surface area contributed by atoms with E-state index in [1.54, 1.807) is 7.05 Å². The number of nitrogen functional groups attached to an aromatic ring is 2. The summed E-state index contributed by atoms with van der Waals surface area (Å²) in [5.41, 5.74) is 10.5. The number of aryl methyl sites for hydroxylation is 2. The lowest BCUT2D eigenvalue weighted by Gasteiger charge is -1.88. The molecule has 21 heavy (non-hydrogen) atoms. The highest BCUT2D eigenvalue weighted by Crippen LogP contribution is 1.98. The molecule has 0 fully saturated rings. The van der Waals surface area contributed by atoms with E-state index in [-0.39, 0.29) is 23.5 Å². The van der Waals surface area contributed by atoms with Gasteiger partial charge in [-0.1, -0.05) is 0 Å². The Kier molecular flexibility index (Phi) is 4.77. The van der Waals surface area contributed by atoms with Gasteiger partial charge in [-0.25, -0.2) is 19.0 Å². The van der Waals surface area contributed by atoms with Gasteiger partial charge in [0.1, 0.15) is 0 Å². The fourth-order valence-corrected chi connectivity index (χ4v) is 1.06. The van der Waals surface area contributed by atoms with Gasteiger partial charge in [0.15, 0.2) is 0 Å². The molecular weight excluding hydrogens is 284 g/mol. The number of carbonyl (C=O) groups excluding carboxylic acids is 1. The Balaban J connectivity index is 0.000000211. The van der Waals surface area contributed by atoms with Crippen LogP contribution in [-0.4, -0.2) is 53.7 Å². The van der Waals surface area contributed by atoms with Crippen LogP contribution in [-0.2, 0) is 18.8 Å². The fraction of sp³-hybridized carbons (Fsp3) is 0.333. The summed E-state index contributed by atoms with van der Waals surface area (Å²) in [5.74, 6) is -1.78. The topological polar surface area (TPSA) is 177 Å². The summed E-state index contributed by atoms with van der Waals surface area (Å²) in [5, 5.41) is 15.5. The number of aromatic nitrogens is 6. The second kappa shape index (κ2) is 6.31. The number of hydrogen-bond donors (Lipinski definition) is 3. The van der Waals surface area contributed by atoms with Gasteiger partial charge in [-0.05, 0) is 0 Å². The highest BCUT2D eigenvalue weighted by molar-refractivity contribution is 5.85. The van der Waals surface area contributed by atoms with Crippen molar-refractivity contribution in [3.8, 4) is 0 Å². The van der Waals surface area contributed by atoms with E-state index in [0.29, 0.717) is 0 Å². The first-order valence-corrected chi connectivity index (χ1v) is 5.40. The average Bonchev–Trinajstić information content (AvgIpc) is 2.94. The number of nitrogens with two attached hydrogens (primary N) is 2. The maximum Gasteiger partial charge on any atom is 0.378 e. The Morgan fingerprint density at radius 2 is 1.48 bits per heavy atom. The smallest absolute Gasteiger partial charge is 0.378 e. The number of rotatable bonds is 2. The van der Waals surface area contributed by atoms with Crippen LogP contribution in [0.25, 0.3) is 0 Å². The minimum absolute atomic E-state index is 0.0208. The molecule has 0 spiro atoms. The molecule has 12 nitrogen and oxygen atoms in total. The Morgan fingerprint density at radius 3 is 1.71 bits per heavy atom. The molecule has 2 aromatic rings. The number of carboxylic acid groups (broad SMARTS) is 1. The fourth-order valence-electron chi connectivity index (χ4n) is 1.06. The van der Waals surface area contributed by atoms with Crippen molar-refractivity contribution in [3.63, 3.8) is 0 Å². The minimum Gasteiger partial charge on any atom is -0.475 e. The van der Waals surface area contributed by atoms with Crippen LogP contribution in [0.4, 0.5) is 11.9 Å². The Morgan fingerprint density at radius 1 is 1.05 bits per heavy atom. The third-order valence-corrected chi connectivity index (χ3v) is 2.15. The van der Waals surface area contributed by atoms with E-state index in [2.05, 4.69) is 24.9 Å². The number of carboxylic acids is 1. The number of hydrogen-bond acceptors (Lipinski definition) is 9. The van der Waals surface area contributed by atoms with Gasteiger partial charge in [0, 0.05) is 14.1 Å². The zero-order chi connectivity index (χ0) is 16.2. The van der Waals surface area contributed by atoms with Gasteiger partial charge in [-0.15, -0.1) is 10.2 Å². The molecule has 0 saturated heterocycles. The SMILES string of the molecule is COC(=O)c1nc(N)n(C)n1.Cn1nc(C(=O)O)nc1N. The first-order chi connectivity index (χ1) is 9.76. The highest BCUT2D eigenvalue weighted by atomic mass is 16.5. The van der Waals surface area contributed by atoms with E-state index in [1.165, 1.54) is 23.5 Å². The van der Waals surface area contributed by atoms with Gasteiger partial charge in [-0.3, -0.25) is 0 Å². The molecule has 2 rings (SSSR count). The number of esters is 1. The molecule has 114 valence electrons. The molecular formula is C9H14N8O4. The van der Waals surface area contributed by atoms with Crippen LogP contribution >= 0.6 is 0 Å². The third-order valence-electron chi connectivity index (χ3n) is 2.15. The van der Waals surface area contributed by atoms with E-state index in [0.717, 1.165) is 0 Å². The number of methoxy groups -OCH3 is 1. The molecule has 0 aliphatic heterocycles. The van der Waals surface area contributed by atoms with E-state index in [9.17, 15) is 9.59 Å². The van der Waals surface area contributed by atoms with Crippen molar-refractivity contribution in [1.29, 1.82) is 0 Å². The number of anilines is 2. The van der Waals surface area contributed by atoms with Crippen LogP contribution in [0.1, 0.15) is 21.2 Å². The zero-order valence-corrected chi connectivity index (χ0v) is 11.5. The summed E-state index contributed by atoms with van der Waals surface area (Å²) in [6.45, 7) is 0. The summed E-state index contributed by atoms with van der Waals surface area (Å²) in [6.07, 6.45) is 0. The molecule has 0 unspecified atom stereocenters. The summed E-state index contributed by atoms with van der Waals surface area (Å²) < 4.78 is 6.87. The third kappa shape index (κ3) is 3.89. The van der Waals surface area contributed by atoms with Gasteiger partial charge in [0.2, 0.25) is 11.9 Å². The van der Waals surface area contributed by atoms with E-state index in [1.807, 2.05) is 0 Å². The lowest BCUT2D eigenvalue weighted by atomic mass is 10.6. The van der Waals surface area contributed by atoms with E-state index in [4.69, 9.17) is 16.6 Å². The Bertz CT molecular complexity index is 622. The van der Waals surface area contributed by atoms with Gasteiger partial charge >= 0.3 is 11.9 Å². The molecule has 0 radical (unpaired) electrons. The predicted octanol–water partition coefficient (Wildman–Crippen LogP) is -1.72. The number of nitrogens with zero attached hydrogens (tertiary/aromatic N) is 6. The molecule has 2 heterocycles. The summed E-state index contributed by atoms with van der Waals surface area (Å²) in [6, 6.07) is 0. The predicted molar refractivity (Wildman–Crippen MR) is 69.1 cm³/mol. The average molecular weight is 298 g/mol. The van der Waals surface area contributed by atoms with E-state index < -0.39 is 11.9 Å². The summed E-state index contributed by atoms with van der Waals surface area (Å²) >= 11 is 0. The molecule has 0 atom stereocenters. The van der Waals surface area contributed by atoms with Gasteiger partial charge < -0.3 is 21.3 Å². The molecule has 0 amide bonds. The summed E-state index contributed by atoms with van der Waals surface area (Å²) in [7, 11) is 4.37. The monoisotopic (exact) mass is 298 g/mol. The summed E-state index contributed by atoms with van der Waals surface area (Å²) in [4.78, 5) is 28.0. The van der Waals surface area contributed by atoms with Crippen molar-refractivity contribution in [2.24, 2.45) is 14.1 Å².